The maximum absolute atomic E-state index is 6.11. The molecule has 3 heteroatoms. The fourth-order valence-electron chi connectivity index (χ4n) is 2.20. The number of aryl methyl sites for hydroxylation is 1. The molecule has 1 aromatic heterocycles. The van der Waals surface area contributed by atoms with E-state index < -0.39 is 0 Å². The second-order valence-corrected chi connectivity index (χ2v) is 4.44. The highest BCUT2D eigenvalue weighted by Crippen LogP contribution is 2.21. The van der Waals surface area contributed by atoms with Crippen LogP contribution < -0.4 is 11.1 Å². The molecule has 3 nitrogen and oxygen atoms in total. The van der Waals surface area contributed by atoms with Crippen LogP contribution in [-0.4, -0.2) is 12.6 Å². The fourth-order valence-corrected chi connectivity index (χ4v) is 2.20. The van der Waals surface area contributed by atoms with Crippen molar-refractivity contribution < 1.29 is 4.42 Å². The molecule has 84 valence electrons. The molecule has 1 aromatic rings. The Labute approximate surface area is 91.0 Å². The maximum Gasteiger partial charge on any atom is 0.120 e. The van der Waals surface area contributed by atoms with Gasteiger partial charge >= 0.3 is 0 Å². The molecule has 2 rings (SSSR count). The van der Waals surface area contributed by atoms with Crippen LogP contribution in [0.3, 0.4) is 0 Å². The van der Waals surface area contributed by atoms with Crippen molar-refractivity contribution in [1.82, 2.24) is 5.32 Å². The predicted octanol–water partition coefficient (Wildman–Crippen LogP) is 2.12. The van der Waals surface area contributed by atoms with Crippen molar-refractivity contribution in [3.8, 4) is 0 Å². The first-order chi connectivity index (χ1) is 7.25. The second-order valence-electron chi connectivity index (χ2n) is 4.44. The molecule has 0 amide bonds. The molecule has 2 heterocycles. The molecule has 1 aliphatic heterocycles. The zero-order chi connectivity index (χ0) is 10.7. The largest absolute Gasteiger partial charge is 0.465 e. The fraction of sp³-hybridized carbons (Fsp3) is 0.667. The molecule has 0 saturated carbocycles. The standard InChI is InChI=1S/C12H20N2O/c1-9-5-6-12(15-9)11(13)8-10-4-2-3-7-14-10/h5-6,10-11,14H,2-4,7-8,13H2,1H3. The Kier molecular flexibility index (Phi) is 3.44. The Morgan fingerprint density at radius 3 is 3.00 bits per heavy atom. The first-order valence-electron chi connectivity index (χ1n) is 5.81. The third-order valence-electron chi connectivity index (χ3n) is 3.08. The summed E-state index contributed by atoms with van der Waals surface area (Å²) >= 11 is 0. The van der Waals surface area contributed by atoms with Crippen LogP contribution in [0.4, 0.5) is 0 Å². The lowest BCUT2D eigenvalue weighted by atomic mass is 9.97. The molecular formula is C12H20N2O. The number of furan rings is 1. The zero-order valence-electron chi connectivity index (χ0n) is 9.33. The van der Waals surface area contributed by atoms with Crippen molar-refractivity contribution in [3.63, 3.8) is 0 Å². The minimum absolute atomic E-state index is 0.0364. The van der Waals surface area contributed by atoms with Crippen LogP contribution in [0.25, 0.3) is 0 Å². The van der Waals surface area contributed by atoms with Crippen LogP contribution in [-0.2, 0) is 0 Å². The van der Waals surface area contributed by atoms with Gasteiger partial charge in [0.2, 0.25) is 0 Å². The maximum atomic E-state index is 6.11. The van der Waals surface area contributed by atoms with Crippen molar-refractivity contribution in [2.75, 3.05) is 6.54 Å². The van der Waals surface area contributed by atoms with Crippen LogP contribution in [0, 0.1) is 6.92 Å². The van der Waals surface area contributed by atoms with Crippen LogP contribution in [0.1, 0.15) is 43.2 Å². The van der Waals surface area contributed by atoms with Gasteiger partial charge < -0.3 is 15.5 Å². The molecule has 2 unspecified atom stereocenters. The van der Waals surface area contributed by atoms with Crippen LogP contribution in [0.2, 0.25) is 0 Å². The van der Waals surface area contributed by atoms with Crippen molar-refractivity contribution in [2.24, 2.45) is 5.73 Å². The van der Waals surface area contributed by atoms with Gasteiger partial charge in [-0.2, -0.15) is 0 Å². The van der Waals surface area contributed by atoms with Crippen LogP contribution in [0.5, 0.6) is 0 Å². The normalized spacial score (nSPS) is 24.0. The summed E-state index contributed by atoms with van der Waals surface area (Å²) in [4.78, 5) is 0. The lowest BCUT2D eigenvalue weighted by molar-refractivity contribution is 0.339. The van der Waals surface area contributed by atoms with Gasteiger partial charge in [-0.15, -0.1) is 0 Å². The molecule has 0 aromatic carbocycles. The number of nitrogens with one attached hydrogen (secondary N) is 1. The van der Waals surface area contributed by atoms with E-state index in [1.807, 2.05) is 19.1 Å². The van der Waals surface area contributed by atoms with E-state index in [2.05, 4.69) is 5.32 Å². The monoisotopic (exact) mass is 208 g/mol. The van der Waals surface area contributed by atoms with Gasteiger partial charge in [0.05, 0.1) is 6.04 Å². The Morgan fingerprint density at radius 1 is 1.53 bits per heavy atom. The van der Waals surface area contributed by atoms with Crippen LogP contribution >= 0.6 is 0 Å². The van der Waals surface area contributed by atoms with Gasteiger partial charge in [0.25, 0.3) is 0 Å². The minimum atomic E-state index is 0.0364. The Balaban J connectivity index is 1.88. The van der Waals surface area contributed by atoms with Gasteiger partial charge in [0.15, 0.2) is 0 Å². The molecule has 0 aliphatic carbocycles. The van der Waals surface area contributed by atoms with Gasteiger partial charge in [-0.3, -0.25) is 0 Å². The second kappa shape index (κ2) is 4.81. The first-order valence-corrected chi connectivity index (χ1v) is 5.81. The van der Waals surface area contributed by atoms with Crippen molar-refractivity contribution >= 4 is 0 Å². The van der Waals surface area contributed by atoms with Crippen molar-refractivity contribution in [1.29, 1.82) is 0 Å². The van der Waals surface area contributed by atoms with Crippen LogP contribution in [0.15, 0.2) is 16.5 Å². The average Bonchev–Trinajstić information content (AvgIpc) is 2.66. The Hall–Kier alpha value is -0.800. The summed E-state index contributed by atoms with van der Waals surface area (Å²) < 4.78 is 5.53. The van der Waals surface area contributed by atoms with E-state index in [4.69, 9.17) is 10.2 Å². The summed E-state index contributed by atoms with van der Waals surface area (Å²) in [5.74, 6) is 1.86. The average molecular weight is 208 g/mol. The van der Waals surface area contributed by atoms with E-state index in [0.29, 0.717) is 6.04 Å². The van der Waals surface area contributed by atoms with E-state index in [1.165, 1.54) is 19.3 Å². The smallest absolute Gasteiger partial charge is 0.120 e. The van der Waals surface area contributed by atoms with E-state index in [-0.39, 0.29) is 6.04 Å². The third-order valence-corrected chi connectivity index (χ3v) is 3.08. The summed E-state index contributed by atoms with van der Waals surface area (Å²) in [6.07, 6.45) is 4.84. The number of hydrogen-bond acceptors (Lipinski definition) is 3. The molecular weight excluding hydrogens is 188 g/mol. The van der Waals surface area contributed by atoms with Gasteiger partial charge in [0.1, 0.15) is 11.5 Å². The molecule has 3 N–H and O–H groups in total. The highest BCUT2D eigenvalue weighted by atomic mass is 16.3. The van der Waals surface area contributed by atoms with Gasteiger partial charge in [-0.1, -0.05) is 6.42 Å². The Morgan fingerprint density at radius 2 is 2.40 bits per heavy atom. The molecule has 1 aliphatic rings. The van der Waals surface area contributed by atoms with Gasteiger partial charge in [-0.05, 0) is 44.9 Å². The lowest BCUT2D eigenvalue weighted by Crippen LogP contribution is -2.36. The highest BCUT2D eigenvalue weighted by molar-refractivity contribution is 5.09. The molecule has 1 saturated heterocycles. The first kappa shape index (κ1) is 10.7. The van der Waals surface area contributed by atoms with E-state index >= 15 is 0 Å². The molecule has 0 radical (unpaired) electrons. The summed E-state index contributed by atoms with van der Waals surface area (Å²) in [7, 11) is 0. The number of nitrogens with two attached hydrogens (primary N) is 1. The Bertz CT molecular complexity index is 302. The third kappa shape index (κ3) is 2.83. The molecule has 0 spiro atoms. The summed E-state index contributed by atoms with van der Waals surface area (Å²) in [6.45, 7) is 3.09. The van der Waals surface area contributed by atoms with Gasteiger partial charge in [-0.25, -0.2) is 0 Å². The predicted molar refractivity (Wildman–Crippen MR) is 60.6 cm³/mol. The molecule has 1 fully saturated rings. The highest BCUT2D eigenvalue weighted by Gasteiger charge is 2.18. The summed E-state index contributed by atoms with van der Waals surface area (Å²) in [5.41, 5.74) is 6.11. The molecule has 2 atom stereocenters. The zero-order valence-corrected chi connectivity index (χ0v) is 9.33. The summed E-state index contributed by atoms with van der Waals surface area (Å²) in [5, 5.41) is 3.50. The lowest BCUT2D eigenvalue weighted by Gasteiger charge is -2.25. The van der Waals surface area contributed by atoms with E-state index in [0.717, 1.165) is 24.5 Å². The number of piperidine rings is 1. The number of rotatable bonds is 3. The van der Waals surface area contributed by atoms with Crippen molar-refractivity contribution in [3.05, 3.63) is 23.7 Å². The van der Waals surface area contributed by atoms with E-state index in [1.54, 1.807) is 0 Å². The topological polar surface area (TPSA) is 51.2 Å². The SMILES string of the molecule is Cc1ccc(C(N)CC2CCCCN2)o1. The van der Waals surface area contributed by atoms with Crippen molar-refractivity contribution in [2.45, 2.75) is 44.7 Å². The minimum Gasteiger partial charge on any atom is -0.465 e. The van der Waals surface area contributed by atoms with Gasteiger partial charge in [0, 0.05) is 6.04 Å². The summed E-state index contributed by atoms with van der Waals surface area (Å²) in [6, 6.07) is 4.57. The molecule has 15 heavy (non-hydrogen) atoms. The number of hydrogen-bond donors (Lipinski definition) is 2. The van der Waals surface area contributed by atoms with E-state index in [9.17, 15) is 0 Å². The molecule has 0 bridgehead atoms. The quantitative estimate of drug-likeness (QED) is 0.800.